The number of nitrogens with zero attached hydrogens (tertiary/aromatic N) is 1. The maximum Gasteiger partial charge on any atom is 0.224 e. The van der Waals surface area contributed by atoms with Crippen molar-refractivity contribution in [2.45, 2.75) is 19.5 Å². The van der Waals surface area contributed by atoms with Crippen molar-refractivity contribution in [3.63, 3.8) is 0 Å². The second kappa shape index (κ2) is 8.74. The Morgan fingerprint density at radius 1 is 1.04 bits per heavy atom. The number of rotatable bonds is 6. The van der Waals surface area contributed by atoms with E-state index in [4.69, 9.17) is 4.74 Å². The summed E-state index contributed by atoms with van der Waals surface area (Å²) in [4.78, 5) is 14.5. The maximum atomic E-state index is 12.9. The molecule has 1 heterocycles. The van der Waals surface area contributed by atoms with Gasteiger partial charge in [0, 0.05) is 26.2 Å². The molecule has 1 amide bonds. The standard InChI is InChI=1S/C20H23FN2O2/c21-19-7-5-16(6-8-19)13-20(24)22-14-17-3-1-2-4-18(17)15-23-9-11-25-12-10-23/h1-8H,9-15H2,(H,22,24). The topological polar surface area (TPSA) is 41.6 Å². The fraction of sp³-hybridized carbons (Fsp3) is 0.350. The Kier molecular flexibility index (Phi) is 6.14. The van der Waals surface area contributed by atoms with E-state index >= 15 is 0 Å². The number of ether oxygens (including phenoxy) is 1. The van der Waals surface area contributed by atoms with Crippen LogP contribution in [0.15, 0.2) is 48.5 Å². The average Bonchev–Trinajstić information content (AvgIpc) is 2.64. The third-order valence-corrected chi connectivity index (χ3v) is 4.37. The Labute approximate surface area is 147 Å². The molecular formula is C20H23FN2O2. The molecule has 1 aliphatic heterocycles. The number of morpholine rings is 1. The van der Waals surface area contributed by atoms with Gasteiger partial charge in [-0.2, -0.15) is 0 Å². The van der Waals surface area contributed by atoms with Crippen LogP contribution in [0.25, 0.3) is 0 Å². The number of carbonyl (C=O) groups is 1. The lowest BCUT2D eigenvalue weighted by Crippen LogP contribution is -2.36. The molecule has 0 bridgehead atoms. The van der Waals surface area contributed by atoms with Gasteiger partial charge in [0.25, 0.3) is 0 Å². The molecule has 5 heteroatoms. The molecule has 0 aromatic heterocycles. The first-order chi connectivity index (χ1) is 12.2. The van der Waals surface area contributed by atoms with Crippen molar-refractivity contribution in [2.75, 3.05) is 26.3 Å². The average molecular weight is 342 g/mol. The molecule has 0 atom stereocenters. The molecule has 2 aromatic rings. The summed E-state index contributed by atoms with van der Waals surface area (Å²) in [5.74, 6) is -0.353. The summed E-state index contributed by atoms with van der Waals surface area (Å²) in [6.07, 6.45) is 0.256. The predicted octanol–water partition coefficient (Wildman–Crippen LogP) is 2.52. The zero-order chi connectivity index (χ0) is 17.5. The number of hydrogen-bond donors (Lipinski definition) is 1. The number of benzene rings is 2. The van der Waals surface area contributed by atoms with Crippen LogP contribution in [0, 0.1) is 5.82 Å². The Bertz CT molecular complexity index is 697. The van der Waals surface area contributed by atoms with E-state index in [1.807, 2.05) is 18.2 Å². The number of hydrogen-bond acceptors (Lipinski definition) is 3. The Balaban J connectivity index is 1.55. The van der Waals surface area contributed by atoms with E-state index < -0.39 is 0 Å². The van der Waals surface area contributed by atoms with E-state index in [2.05, 4.69) is 16.3 Å². The maximum absolute atomic E-state index is 12.9. The van der Waals surface area contributed by atoms with Gasteiger partial charge >= 0.3 is 0 Å². The largest absolute Gasteiger partial charge is 0.379 e. The van der Waals surface area contributed by atoms with Crippen molar-refractivity contribution in [1.29, 1.82) is 0 Å². The molecule has 1 fully saturated rings. The van der Waals surface area contributed by atoms with Crippen LogP contribution < -0.4 is 5.32 Å². The predicted molar refractivity (Wildman–Crippen MR) is 94.5 cm³/mol. The first-order valence-electron chi connectivity index (χ1n) is 8.59. The van der Waals surface area contributed by atoms with Gasteiger partial charge in [-0.1, -0.05) is 36.4 Å². The Morgan fingerprint density at radius 3 is 2.44 bits per heavy atom. The number of nitrogens with one attached hydrogen (secondary N) is 1. The molecule has 1 aliphatic rings. The van der Waals surface area contributed by atoms with Crippen molar-refractivity contribution in [1.82, 2.24) is 10.2 Å². The van der Waals surface area contributed by atoms with Crippen LogP contribution in [0.3, 0.4) is 0 Å². The molecule has 0 aliphatic carbocycles. The highest BCUT2D eigenvalue weighted by atomic mass is 19.1. The molecule has 0 radical (unpaired) electrons. The minimum atomic E-state index is -0.291. The quantitative estimate of drug-likeness (QED) is 0.877. The molecule has 1 N–H and O–H groups in total. The second-order valence-corrected chi connectivity index (χ2v) is 6.24. The lowest BCUT2D eigenvalue weighted by atomic mass is 10.1. The highest BCUT2D eigenvalue weighted by Crippen LogP contribution is 2.13. The van der Waals surface area contributed by atoms with Gasteiger partial charge in [-0.05, 0) is 28.8 Å². The zero-order valence-corrected chi connectivity index (χ0v) is 14.2. The van der Waals surface area contributed by atoms with Gasteiger partial charge in [-0.3, -0.25) is 9.69 Å². The number of amides is 1. The van der Waals surface area contributed by atoms with E-state index in [9.17, 15) is 9.18 Å². The summed E-state index contributed by atoms with van der Waals surface area (Å²) in [6.45, 7) is 4.79. The van der Waals surface area contributed by atoms with Gasteiger partial charge in [-0.25, -0.2) is 4.39 Å². The van der Waals surface area contributed by atoms with Crippen LogP contribution in [-0.2, 0) is 29.0 Å². The van der Waals surface area contributed by atoms with E-state index in [0.717, 1.165) is 44.0 Å². The lowest BCUT2D eigenvalue weighted by molar-refractivity contribution is -0.120. The van der Waals surface area contributed by atoms with Gasteiger partial charge in [-0.15, -0.1) is 0 Å². The fourth-order valence-electron chi connectivity index (χ4n) is 2.93. The highest BCUT2D eigenvalue weighted by Gasteiger charge is 2.13. The van der Waals surface area contributed by atoms with Crippen molar-refractivity contribution in [3.8, 4) is 0 Å². The van der Waals surface area contributed by atoms with E-state index in [1.165, 1.54) is 17.7 Å². The van der Waals surface area contributed by atoms with Crippen LogP contribution >= 0.6 is 0 Å². The fourth-order valence-corrected chi connectivity index (χ4v) is 2.93. The smallest absolute Gasteiger partial charge is 0.224 e. The van der Waals surface area contributed by atoms with Gasteiger partial charge in [0.05, 0.1) is 19.6 Å². The number of carbonyl (C=O) groups excluding carboxylic acids is 1. The van der Waals surface area contributed by atoms with Crippen molar-refractivity contribution >= 4 is 5.91 Å². The van der Waals surface area contributed by atoms with Crippen LogP contribution in [0.5, 0.6) is 0 Å². The normalized spacial score (nSPS) is 15.1. The monoisotopic (exact) mass is 342 g/mol. The third kappa shape index (κ3) is 5.37. The summed E-state index contributed by atoms with van der Waals surface area (Å²) in [7, 11) is 0. The minimum absolute atomic E-state index is 0.0622. The summed E-state index contributed by atoms with van der Waals surface area (Å²) in [6, 6.07) is 14.2. The van der Waals surface area contributed by atoms with E-state index in [1.54, 1.807) is 12.1 Å². The van der Waals surface area contributed by atoms with Crippen molar-refractivity contribution < 1.29 is 13.9 Å². The highest BCUT2D eigenvalue weighted by molar-refractivity contribution is 5.78. The molecule has 3 rings (SSSR count). The van der Waals surface area contributed by atoms with Gasteiger partial charge in [0.15, 0.2) is 0 Å². The molecule has 0 unspecified atom stereocenters. The molecule has 0 saturated carbocycles. The van der Waals surface area contributed by atoms with Crippen molar-refractivity contribution in [2.24, 2.45) is 0 Å². The number of halogens is 1. The lowest BCUT2D eigenvalue weighted by Gasteiger charge is -2.27. The SMILES string of the molecule is O=C(Cc1ccc(F)cc1)NCc1ccccc1CN1CCOCC1. The first-order valence-corrected chi connectivity index (χ1v) is 8.59. The molecule has 132 valence electrons. The Morgan fingerprint density at radius 2 is 1.72 bits per heavy atom. The molecule has 0 spiro atoms. The van der Waals surface area contributed by atoms with Crippen LogP contribution in [0.4, 0.5) is 4.39 Å². The van der Waals surface area contributed by atoms with Crippen molar-refractivity contribution in [3.05, 3.63) is 71.0 Å². The van der Waals surface area contributed by atoms with Crippen LogP contribution in [0.2, 0.25) is 0 Å². The van der Waals surface area contributed by atoms with Gasteiger partial charge < -0.3 is 10.1 Å². The first kappa shape index (κ1) is 17.6. The van der Waals surface area contributed by atoms with E-state index in [0.29, 0.717) is 6.54 Å². The molecule has 1 saturated heterocycles. The van der Waals surface area contributed by atoms with Crippen LogP contribution in [-0.4, -0.2) is 37.1 Å². The summed E-state index contributed by atoms with van der Waals surface area (Å²) in [5, 5.41) is 2.96. The van der Waals surface area contributed by atoms with Gasteiger partial charge in [0.2, 0.25) is 5.91 Å². The molecular weight excluding hydrogens is 319 g/mol. The zero-order valence-electron chi connectivity index (χ0n) is 14.2. The summed E-state index contributed by atoms with van der Waals surface area (Å²) < 4.78 is 18.3. The third-order valence-electron chi connectivity index (χ3n) is 4.37. The second-order valence-electron chi connectivity index (χ2n) is 6.24. The molecule has 4 nitrogen and oxygen atoms in total. The molecule has 25 heavy (non-hydrogen) atoms. The summed E-state index contributed by atoms with van der Waals surface area (Å²) in [5.41, 5.74) is 3.16. The summed E-state index contributed by atoms with van der Waals surface area (Å²) >= 11 is 0. The Hall–Kier alpha value is -2.24. The van der Waals surface area contributed by atoms with Crippen LogP contribution in [0.1, 0.15) is 16.7 Å². The van der Waals surface area contributed by atoms with Gasteiger partial charge in [0.1, 0.15) is 5.82 Å². The molecule has 2 aromatic carbocycles. The minimum Gasteiger partial charge on any atom is -0.379 e. The van der Waals surface area contributed by atoms with E-state index in [-0.39, 0.29) is 18.1 Å².